The Balaban J connectivity index is 0.00000400. The van der Waals surface area contributed by atoms with Gasteiger partial charge in [0.25, 0.3) is 0 Å². The molecule has 4 N–H and O–H groups in total. The molecule has 0 amide bonds. The third-order valence-corrected chi connectivity index (χ3v) is 4.90. The van der Waals surface area contributed by atoms with Crippen LogP contribution in [0.15, 0.2) is 24.3 Å². The normalized spacial score (nSPS) is 15.2. The highest BCUT2D eigenvalue weighted by molar-refractivity contribution is 5.28. The fourth-order valence-electron chi connectivity index (χ4n) is 2.67. The first-order valence-electron chi connectivity index (χ1n) is 7.73. The summed E-state index contributed by atoms with van der Waals surface area (Å²) >= 11 is 0. The molecule has 0 heterocycles. The minimum atomic E-state index is -0.853. The number of hydrogen-bond donors (Lipinski definition) is 2. The lowest BCUT2D eigenvalue weighted by molar-refractivity contribution is -0.489. The maximum Gasteiger partial charge on any atom is 0.100 e. The van der Waals surface area contributed by atoms with Gasteiger partial charge in [-0.15, -0.1) is 0 Å². The maximum absolute atomic E-state index is 11.5. The number of aryl methyl sites for hydroxylation is 1. The average molecular weight is 405 g/mol. The van der Waals surface area contributed by atoms with Crippen LogP contribution < -0.4 is 29.7 Å². The molecule has 0 saturated carbocycles. The second-order valence-corrected chi connectivity index (χ2v) is 7.36. The van der Waals surface area contributed by atoms with Gasteiger partial charge < -0.3 is 34.8 Å². The van der Waals surface area contributed by atoms with Crippen molar-refractivity contribution in [3.63, 3.8) is 0 Å². The first kappa shape index (κ1) is 20.9. The minimum absolute atomic E-state index is 0. The van der Waals surface area contributed by atoms with Gasteiger partial charge in [0.15, 0.2) is 0 Å². The monoisotopic (exact) mass is 405 g/mol. The summed E-state index contributed by atoms with van der Waals surface area (Å²) < 4.78 is 0. The average Bonchev–Trinajstić information content (AvgIpc) is 2.38. The lowest BCUT2D eigenvalue weighted by atomic mass is 9.65. The van der Waals surface area contributed by atoms with Gasteiger partial charge in [-0.05, 0) is 30.7 Å². The molecule has 0 spiro atoms. The van der Waals surface area contributed by atoms with Crippen LogP contribution in [0.4, 0.5) is 0 Å². The largest absolute Gasteiger partial charge is 1.00 e. The Hall–Kier alpha value is -0.130. The highest BCUT2D eigenvalue weighted by Gasteiger charge is 2.47. The molecule has 0 aliphatic heterocycles. The van der Waals surface area contributed by atoms with Gasteiger partial charge in [-0.1, -0.05) is 64.4 Å². The fourth-order valence-corrected chi connectivity index (χ4v) is 2.67. The Labute approximate surface area is 147 Å². The van der Waals surface area contributed by atoms with E-state index < -0.39 is 5.60 Å². The van der Waals surface area contributed by atoms with E-state index in [1.807, 2.05) is 0 Å². The van der Waals surface area contributed by atoms with Crippen LogP contribution in [0.3, 0.4) is 0 Å². The van der Waals surface area contributed by atoms with Crippen molar-refractivity contribution in [2.75, 3.05) is 0 Å². The van der Waals surface area contributed by atoms with Gasteiger partial charge in [-0.25, -0.2) is 0 Å². The van der Waals surface area contributed by atoms with Crippen molar-refractivity contribution in [1.82, 2.24) is 0 Å². The number of aliphatic hydroxyl groups is 1. The summed E-state index contributed by atoms with van der Waals surface area (Å²) in [6.07, 6.45) is 2.65. The van der Waals surface area contributed by atoms with Crippen molar-refractivity contribution < 1.29 is 34.8 Å². The van der Waals surface area contributed by atoms with Gasteiger partial charge in [0, 0.05) is 6.42 Å². The molecule has 3 heteroatoms. The van der Waals surface area contributed by atoms with E-state index in [9.17, 15) is 5.11 Å². The highest BCUT2D eigenvalue weighted by Crippen LogP contribution is 2.45. The molecule has 122 valence electrons. The van der Waals surface area contributed by atoms with Crippen molar-refractivity contribution in [3.8, 4) is 0 Å². The van der Waals surface area contributed by atoms with Gasteiger partial charge in [0.2, 0.25) is 0 Å². The number of quaternary nitrogens is 1. The lowest BCUT2D eigenvalue weighted by Crippen LogP contribution is -3.00. The predicted molar refractivity (Wildman–Crippen MR) is 85.3 cm³/mol. The van der Waals surface area contributed by atoms with E-state index >= 15 is 0 Å². The van der Waals surface area contributed by atoms with Crippen LogP contribution in [0, 0.1) is 12.3 Å². The van der Waals surface area contributed by atoms with Crippen LogP contribution in [0.5, 0.6) is 0 Å². The molecule has 1 aromatic carbocycles. The summed E-state index contributed by atoms with van der Waals surface area (Å²) in [5.74, 6) is 0. The summed E-state index contributed by atoms with van der Waals surface area (Å²) in [6, 6.07) is 8.28. The van der Waals surface area contributed by atoms with Crippen LogP contribution in [0.25, 0.3) is 0 Å². The molecule has 0 saturated heterocycles. The van der Waals surface area contributed by atoms with E-state index in [-0.39, 0.29) is 34.9 Å². The summed E-state index contributed by atoms with van der Waals surface area (Å²) in [5, 5.41) is 11.5. The molecular formula is C18H32INO. The minimum Gasteiger partial charge on any atom is -1.00 e. The quantitative estimate of drug-likeness (QED) is 0.686. The summed E-state index contributed by atoms with van der Waals surface area (Å²) in [7, 11) is 0. The predicted octanol–water partition coefficient (Wildman–Crippen LogP) is 0.424. The van der Waals surface area contributed by atoms with Crippen molar-refractivity contribution in [2.45, 2.75) is 71.9 Å². The Bertz CT molecular complexity index is 432. The molecule has 1 aromatic rings. The smallest absolute Gasteiger partial charge is 0.100 e. The van der Waals surface area contributed by atoms with E-state index in [1.165, 1.54) is 5.56 Å². The Morgan fingerprint density at radius 3 is 1.76 bits per heavy atom. The van der Waals surface area contributed by atoms with Crippen LogP contribution in [-0.4, -0.2) is 10.6 Å². The van der Waals surface area contributed by atoms with Gasteiger partial charge in [-0.3, -0.25) is 0 Å². The van der Waals surface area contributed by atoms with Crippen molar-refractivity contribution in [3.05, 3.63) is 35.4 Å². The van der Waals surface area contributed by atoms with E-state index in [1.54, 1.807) is 0 Å². The van der Waals surface area contributed by atoms with Crippen LogP contribution in [-0.2, 0) is 5.60 Å². The van der Waals surface area contributed by atoms with Crippen molar-refractivity contribution in [2.24, 2.45) is 5.41 Å². The molecule has 0 fully saturated rings. The first-order chi connectivity index (χ1) is 9.08. The van der Waals surface area contributed by atoms with Gasteiger partial charge in [0.1, 0.15) is 5.60 Å². The van der Waals surface area contributed by atoms with Gasteiger partial charge in [0.05, 0.1) is 5.54 Å². The molecule has 0 radical (unpaired) electrons. The number of rotatable bonds is 5. The third-order valence-electron chi connectivity index (χ3n) is 4.90. The first-order valence-corrected chi connectivity index (χ1v) is 7.73. The molecule has 2 nitrogen and oxygen atoms in total. The SMILES string of the molecule is CCC([NH3+])(CC)CC(O)(c1ccc(C)cc1)C(C)(C)C.[I-]. The zero-order chi connectivity index (χ0) is 15.6. The van der Waals surface area contributed by atoms with E-state index in [0.29, 0.717) is 6.42 Å². The summed E-state index contributed by atoms with van der Waals surface area (Å²) in [4.78, 5) is 0. The zero-order valence-electron chi connectivity index (χ0n) is 14.5. The highest BCUT2D eigenvalue weighted by atomic mass is 127. The Kier molecular flexibility index (Phi) is 7.38. The molecule has 0 aromatic heterocycles. The standard InChI is InChI=1S/C18H31NO.HI/c1-7-17(19,8-2)13-18(20,16(4,5)6)15-11-9-14(3)10-12-15;/h9-12,20H,7-8,13,19H2,1-6H3;1H. The van der Waals surface area contributed by atoms with Crippen LogP contribution in [0.1, 0.15) is 65.0 Å². The second-order valence-electron chi connectivity index (χ2n) is 7.36. The lowest BCUT2D eigenvalue weighted by Gasteiger charge is -2.44. The van der Waals surface area contributed by atoms with Crippen molar-refractivity contribution in [1.29, 1.82) is 0 Å². The molecule has 0 aliphatic carbocycles. The second kappa shape index (κ2) is 7.42. The topological polar surface area (TPSA) is 47.9 Å². The fraction of sp³-hybridized carbons (Fsp3) is 0.667. The van der Waals surface area contributed by atoms with Crippen LogP contribution >= 0.6 is 0 Å². The van der Waals surface area contributed by atoms with Crippen molar-refractivity contribution >= 4 is 0 Å². The summed E-state index contributed by atoms with van der Waals surface area (Å²) in [5.41, 5.74) is 5.46. The number of benzene rings is 1. The maximum atomic E-state index is 11.5. The molecule has 1 atom stereocenters. The van der Waals surface area contributed by atoms with E-state index in [4.69, 9.17) is 0 Å². The number of hydrogen-bond acceptors (Lipinski definition) is 1. The molecule has 0 bridgehead atoms. The van der Waals surface area contributed by atoms with Gasteiger partial charge in [-0.2, -0.15) is 0 Å². The molecule has 1 rings (SSSR count). The Morgan fingerprint density at radius 2 is 1.43 bits per heavy atom. The molecule has 21 heavy (non-hydrogen) atoms. The van der Waals surface area contributed by atoms with Crippen LogP contribution in [0.2, 0.25) is 0 Å². The molecule has 0 aliphatic rings. The van der Waals surface area contributed by atoms with Gasteiger partial charge >= 0.3 is 0 Å². The molecule has 1 unspecified atom stereocenters. The number of halogens is 1. The summed E-state index contributed by atoms with van der Waals surface area (Å²) in [6.45, 7) is 12.7. The third kappa shape index (κ3) is 4.67. The Morgan fingerprint density at radius 1 is 1.00 bits per heavy atom. The molecular weight excluding hydrogens is 373 g/mol. The zero-order valence-corrected chi connectivity index (χ0v) is 16.6. The van der Waals surface area contributed by atoms with E-state index in [0.717, 1.165) is 18.4 Å². The van der Waals surface area contributed by atoms with E-state index in [2.05, 4.69) is 71.5 Å².